The van der Waals surface area contributed by atoms with Crippen molar-refractivity contribution in [2.75, 3.05) is 5.75 Å². The van der Waals surface area contributed by atoms with Gasteiger partial charge in [-0.15, -0.1) is 11.8 Å². The van der Waals surface area contributed by atoms with Gasteiger partial charge in [-0.05, 0) is 12.5 Å². The molecule has 0 unspecified atom stereocenters. The maximum absolute atomic E-state index is 12.3. The highest BCUT2D eigenvalue weighted by Gasteiger charge is 2.53. The third kappa shape index (κ3) is 2.40. The Morgan fingerprint density at radius 2 is 2.22 bits per heavy atom. The van der Waals surface area contributed by atoms with Gasteiger partial charge in [-0.25, -0.2) is 4.79 Å². The average Bonchev–Trinajstić information content (AvgIpc) is 2.83. The number of hydrogen-bond acceptors (Lipinski definition) is 5. The third-order valence-electron chi connectivity index (χ3n) is 3.76. The molecule has 2 atom stereocenters. The van der Waals surface area contributed by atoms with Crippen LogP contribution in [0.2, 0.25) is 5.02 Å². The second-order valence-electron chi connectivity index (χ2n) is 5.26. The van der Waals surface area contributed by atoms with Gasteiger partial charge in [0.15, 0.2) is 0 Å². The number of aryl methyl sites for hydroxylation is 1. The second kappa shape index (κ2) is 5.57. The summed E-state index contributed by atoms with van der Waals surface area (Å²) in [6.07, 6.45) is 1.34. The van der Waals surface area contributed by atoms with Crippen LogP contribution < -0.4 is 5.32 Å². The lowest BCUT2D eigenvalue weighted by molar-refractivity contribution is -0.148. The van der Waals surface area contributed by atoms with Crippen LogP contribution in [0.15, 0.2) is 17.5 Å². The number of β-lactam (4-membered cyclic amide) rings is 1. The number of aromatic nitrogens is 2. The molecule has 2 amide bonds. The van der Waals surface area contributed by atoms with Gasteiger partial charge < -0.3 is 10.4 Å². The van der Waals surface area contributed by atoms with Gasteiger partial charge in [0.05, 0.1) is 11.2 Å². The molecule has 0 saturated carbocycles. The standard InChI is InChI=1S/C13H13ClN4O4S/c1-5-4-23-12-7(11(20)18(12)8(5)13(21)22)16-10(19)9-6(14)3-15-17(9)2/h3,7,12H,4H2,1-2H3,(H,16,19)(H,21,22)/t7-,12+/m1/s1. The number of halogens is 1. The van der Waals surface area contributed by atoms with Gasteiger partial charge >= 0.3 is 5.97 Å². The van der Waals surface area contributed by atoms with E-state index in [1.807, 2.05) is 0 Å². The summed E-state index contributed by atoms with van der Waals surface area (Å²) in [5, 5.41) is 15.5. The van der Waals surface area contributed by atoms with E-state index in [1.54, 1.807) is 14.0 Å². The Balaban J connectivity index is 1.79. The van der Waals surface area contributed by atoms with E-state index in [0.29, 0.717) is 11.3 Å². The molecule has 1 saturated heterocycles. The van der Waals surface area contributed by atoms with E-state index in [0.717, 1.165) is 0 Å². The Morgan fingerprint density at radius 1 is 1.52 bits per heavy atom. The number of aliphatic carboxylic acids is 1. The van der Waals surface area contributed by atoms with Gasteiger partial charge in [-0.2, -0.15) is 5.10 Å². The van der Waals surface area contributed by atoms with Crippen molar-refractivity contribution in [2.45, 2.75) is 18.3 Å². The van der Waals surface area contributed by atoms with E-state index in [4.69, 9.17) is 11.6 Å². The van der Waals surface area contributed by atoms with E-state index in [9.17, 15) is 19.5 Å². The highest BCUT2D eigenvalue weighted by Crippen LogP contribution is 2.40. The lowest BCUT2D eigenvalue weighted by Crippen LogP contribution is -2.70. The number of carboxylic acids is 1. The molecule has 0 spiro atoms. The fourth-order valence-electron chi connectivity index (χ4n) is 2.65. The summed E-state index contributed by atoms with van der Waals surface area (Å²) in [6, 6.07) is -0.777. The Morgan fingerprint density at radius 3 is 2.78 bits per heavy atom. The average molecular weight is 357 g/mol. The zero-order valence-electron chi connectivity index (χ0n) is 12.2. The van der Waals surface area contributed by atoms with E-state index in [-0.39, 0.29) is 16.4 Å². The lowest BCUT2D eigenvalue weighted by Gasteiger charge is -2.49. The largest absolute Gasteiger partial charge is 0.477 e. The molecule has 8 nitrogen and oxygen atoms in total. The molecule has 2 N–H and O–H groups in total. The Bertz CT molecular complexity index is 740. The zero-order valence-corrected chi connectivity index (χ0v) is 13.8. The summed E-state index contributed by atoms with van der Waals surface area (Å²) in [6.45, 7) is 1.68. The van der Waals surface area contributed by atoms with Gasteiger partial charge in [-0.1, -0.05) is 11.6 Å². The molecular formula is C13H13ClN4O4S. The van der Waals surface area contributed by atoms with Crippen LogP contribution in [0.1, 0.15) is 17.4 Å². The number of hydrogen-bond donors (Lipinski definition) is 2. The van der Waals surface area contributed by atoms with Gasteiger partial charge in [0, 0.05) is 12.8 Å². The third-order valence-corrected chi connectivity index (χ3v) is 5.46. The SMILES string of the molecule is CC1=C(C(=O)O)N2C(=O)[C@@H](NC(=O)c3c(Cl)cnn3C)[C@@H]2SC1. The number of nitrogens with zero attached hydrogens (tertiary/aromatic N) is 3. The van der Waals surface area contributed by atoms with E-state index >= 15 is 0 Å². The fourth-order valence-corrected chi connectivity index (χ4v) is 4.20. The van der Waals surface area contributed by atoms with Crippen LogP contribution in [0.25, 0.3) is 0 Å². The minimum Gasteiger partial charge on any atom is -0.477 e. The monoisotopic (exact) mass is 356 g/mol. The normalized spacial score (nSPS) is 23.4. The van der Waals surface area contributed by atoms with Gasteiger partial charge in [-0.3, -0.25) is 19.2 Å². The number of rotatable bonds is 3. The van der Waals surface area contributed by atoms with Crippen LogP contribution >= 0.6 is 23.4 Å². The number of amides is 2. The second-order valence-corrected chi connectivity index (χ2v) is 6.77. The van der Waals surface area contributed by atoms with Gasteiger partial charge in [0.1, 0.15) is 22.8 Å². The summed E-state index contributed by atoms with van der Waals surface area (Å²) in [5.74, 6) is -1.60. The molecule has 0 aliphatic carbocycles. The van der Waals surface area contributed by atoms with E-state index in [2.05, 4.69) is 10.4 Å². The van der Waals surface area contributed by atoms with Crippen molar-refractivity contribution in [2.24, 2.45) is 7.05 Å². The molecule has 0 bridgehead atoms. The van der Waals surface area contributed by atoms with Crippen molar-refractivity contribution in [1.29, 1.82) is 0 Å². The first-order valence-electron chi connectivity index (χ1n) is 6.69. The van der Waals surface area contributed by atoms with Gasteiger partial charge in [0.25, 0.3) is 11.8 Å². The molecule has 1 fully saturated rings. The first kappa shape index (κ1) is 15.9. The molecule has 1 aromatic heterocycles. The molecule has 2 aliphatic rings. The van der Waals surface area contributed by atoms with Crippen molar-refractivity contribution in [1.82, 2.24) is 20.0 Å². The van der Waals surface area contributed by atoms with Crippen LogP contribution in [-0.2, 0) is 16.6 Å². The van der Waals surface area contributed by atoms with Crippen LogP contribution in [0.5, 0.6) is 0 Å². The van der Waals surface area contributed by atoms with Crippen molar-refractivity contribution in [3.05, 3.63) is 28.2 Å². The Hall–Kier alpha value is -2.00. The summed E-state index contributed by atoms with van der Waals surface area (Å²) in [7, 11) is 1.57. The van der Waals surface area contributed by atoms with E-state index < -0.39 is 29.2 Å². The lowest BCUT2D eigenvalue weighted by atomic mass is 10.0. The molecule has 2 aliphatic heterocycles. The minimum atomic E-state index is -1.14. The van der Waals surface area contributed by atoms with Crippen LogP contribution in [0.4, 0.5) is 0 Å². The highest BCUT2D eigenvalue weighted by atomic mass is 35.5. The molecule has 0 aromatic carbocycles. The number of thioether (sulfide) groups is 1. The number of fused-ring (bicyclic) bond motifs is 1. The van der Waals surface area contributed by atoms with Crippen molar-refractivity contribution < 1.29 is 19.5 Å². The predicted molar refractivity (Wildman–Crippen MR) is 82.9 cm³/mol. The van der Waals surface area contributed by atoms with Crippen LogP contribution in [-0.4, -0.2) is 54.7 Å². The molecular weight excluding hydrogens is 344 g/mol. The fraction of sp³-hybridized carbons (Fsp3) is 0.385. The van der Waals surface area contributed by atoms with Crippen LogP contribution in [0.3, 0.4) is 0 Å². The molecule has 122 valence electrons. The molecule has 23 heavy (non-hydrogen) atoms. The van der Waals surface area contributed by atoms with Crippen molar-refractivity contribution in [3.8, 4) is 0 Å². The first-order valence-corrected chi connectivity index (χ1v) is 8.11. The molecule has 3 heterocycles. The van der Waals surface area contributed by atoms with Gasteiger partial charge in [0.2, 0.25) is 0 Å². The minimum absolute atomic E-state index is 0.00261. The van der Waals surface area contributed by atoms with Crippen LogP contribution in [0, 0.1) is 0 Å². The number of carbonyl (C=O) groups is 3. The molecule has 10 heteroatoms. The summed E-state index contributed by atoms with van der Waals surface area (Å²) in [4.78, 5) is 37.1. The topological polar surface area (TPSA) is 105 Å². The molecule has 0 radical (unpaired) electrons. The highest BCUT2D eigenvalue weighted by molar-refractivity contribution is 8.00. The van der Waals surface area contributed by atoms with Crippen molar-refractivity contribution in [3.63, 3.8) is 0 Å². The first-order chi connectivity index (χ1) is 10.8. The summed E-state index contributed by atoms with van der Waals surface area (Å²) < 4.78 is 1.32. The molecule has 1 aromatic rings. The Labute approximate surface area is 140 Å². The van der Waals surface area contributed by atoms with E-state index in [1.165, 1.54) is 27.5 Å². The summed E-state index contributed by atoms with van der Waals surface area (Å²) in [5.41, 5.74) is 0.790. The maximum Gasteiger partial charge on any atom is 0.352 e. The summed E-state index contributed by atoms with van der Waals surface area (Å²) >= 11 is 7.33. The Kier molecular flexibility index (Phi) is 3.85. The van der Waals surface area contributed by atoms with Crippen molar-refractivity contribution >= 4 is 41.1 Å². The number of nitrogens with one attached hydrogen (secondary N) is 1. The predicted octanol–water partition coefficient (Wildman–Crippen LogP) is 0.446. The number of carboxylic acid groups (broad SMARTS) is 1. The molecule has 3 rings (SSSR count). The number of carbonyl (C=O) groups excluding carboxylic acids is 2. The zero-order chi connectivity index (χ0) is 16.9. The quantitative estimate of drug-likeness (QED) is 0.762. The maximum atomic E-state index is 12.3. The smallest absolute Gasteiger partial charge is 0.352 e.